The lowest BCUT2D eigenvalue weighted by Gasteiger charge is -2.05. The molecule has 0 atom stereocenters. The molecule has 0 fully saturated rings. The number of nitrogens with zero attached hydrogens (tertiary/aromatic N) is 2. The topological polar surface area (TPSA) is 64.0 Å². The molecule has 0 aromatic carbocycles. The van der Waals surface area contributed by atoms with Crippen molar-refractivity contribution in [2.45, 2.75) is 13.0 Å². The Hall–Kier alpha value is -0.590. The molecule has 1 heterocycles. The molecular weight excluding hydrogens is 238 g/mol. The molecule has 0 bridgehead atoms. The minimum Gasteiger partial charge on any atom is -0.271 e. The predicted octanol–water partition coefficient (Wildman–Crippen LogP) is 0.468. The Bertz CT molecular complexity index is 402. The van der Waals surface area contributed by atoms with Crippen LogP contribution < -0.4 is 4.72 Å². The smallest absolute Gasteiger partial charge is 0.211 e. The van der Waals surface area contributed by atoms with E-state index in [9.17, 15) is 8.42 Å². The van der Waals surface area contributed by atoms with Crippen LogP contribution in [0.1, 0.15) is 12.1 Å². The van der Waals surface area contributed by atoms with E-state index in [2.05, 4.69) is 9.82 Å². The van der Waals surface area contributed by atoms with E-state index in [1.54, 1.807) is 24.0 Å². The standard InChI is InChI=1S/C8H14ClN3O2S/c1-12-8(3-5-10-12)7-11-15(13,14)6-2-4-9/h3,5,11H,2,4,6-7H2,1H3. The molecule has 1 aromatic heterocycles. The van der Waals surface area contributed by atoms with Gasteiger partial charge in [0.2, 0.25) is 10.0 Å². The van der Waals surface area contributed by atoms with Crippen molar-refractivity contribution in [1.82, 2.24) is 14.5 Å². The van der Waals surface area contributed by atoms with Gasteiger partial charge >= 0.3 is 0 Å². The van der Waals surface area contributed by atoms with Crippen molar-refractivity contribution in [3.05, 3.63) is 18.0 Å². The van der Waals surface area contributed by atoms with Crippen LogP contribution in [0, 0.1) is 0 Å². The zero-order valence-corrected chi connectivity index (χ0v) is 10.1. The molecule has 0 saturated heterocycles. The number of hydrogen-bond acceptors (Lipinski definition) is 3. The van der Waals surface area contributed by atoms with Crippen LogP contribution in [0.25, 0.3) is 0 Å². The number of alkyl halides is 1. The fraction of sp³-hybridized carbons (Fsp3) is 0.625. The summed E-state index contributed by atoms with van der Waals surface area (Å²) >= 11 is 5.43. The molecule has 0 unspecified atom stereocenters. The first kappa shape index (κ1) is 12.5. The summed E-state index contributed by atoms with van der Waals surface area (Å²) in [5.41, 5.74) is 0.824. The first-order valence-electron chi connectivity index (χ1n) is 4.55. The van der Waals surface area contributed by atoms with E-state index in [4.69, 9.17) is 11.6 Å². The van der Waals surface area contributed by atoms with Crippen LogP contribution >= 0.6 is 11.6 Å². The Morgan fingerprint density at radius 2 is 2.33 bits per heavy atom. The molecule has 86 valence electrons. The molecular formula is C8H14ClN3O2S. The van der Waals surface area contributed by atoms with Gasteiger partial charge in [-0.05, 0) is 12.5 Å². The first-order chi connectivity index (χ1) is 7.05. The van der Waals surface area contributed by atoms with Gasteiger partial charge in [-0.3, -0.25) is 4.68 Å². The fourth-order valence-corrected chi connectivity index (χ4v) is 2.40. The second-order valence-electron chi connectivity index (χ2n) is 3.13. The van der Waals surface area contributed by atoms with Crippen molar-refractivity contribution in [2.75, 3.05) is 11.6 Å². The van der Waals surface area contributed by atoms with E-state index in [1.807, 2.05) is 0 Å². The third-order valence-corrected chi connectivity index (χ3v) is 3.62. The number of rotatable bonds is 6. The van der Waals surface area contributed by atoms with Crippen LogP contribution in [0.2, 0.25) is 0 Å². The van der Waals surface area contributed by atoms with Crippen LogP contribution in [0.5, 0.6) is 0 Å². The number of nitrogens with one attached hydrogen (secondary N) is 1. The Morgan fingerprint density at radius 1 is 1.60 bits per heavy atom. The third-order valence-electron chi connectivity index (χ3n) is 1.94. The average Bonchev–Trinajstić information content (AvgIpc) is 2.58. The highest BCUT2D eigenvalue weighted by molar-refractivity contribution is 7.89. The maximum absolute atomic E-state index is 11.4. The van der Waals surface area contributed by atoms with Crippen molar-refractivity contribution < 1.29 is 8.42 Å². The number of halogens is 1. The zero-order chi connectivity index (χ0) is 11.3. The van der Waals surface area contributed by atoms with Gasteiger partial charge in [-0.2, -0.15) is 5.10 Å². The Kier molecular flexibility index (Phi) is 4.56. The summed E-state index contributed by atoms with van der Waals surface area (Å²) in [5, 5.41) is 3.94. The van der Waals surface area contributed by atoms with Gasteiger partial charge in [-0.15, -0.1) is 11.6 Å². The second kappa shape index (κ2) is 5.48. The lowest BCUT2D eigenvalue weighted by atomic mass is 10.4. The van der Waals surface area contributed by atoms with Crippen LogP contribution in [-0.4, -0.2) is 29.8 Å². The summed E-state index contributed by atoms with van der Waals surface area (Å²) in [6.07, 6.45) is 2.09. The van der Waals surface area contributed by atoms with E-state index in [0.717, 1.165) is 5.69 Å². The molecule has 15 heavy (non-hydrogen) atoms. The first-order valence-corrected chi connectivity index (χ1v) is 6.74. The molecule has 0 spiro atoms. The summed E-state index contributed by atoms with van der Waals surface area (Å²) in [5.74, 6) is 0.418. The number of hydrogen-bond donors (Lipinski definition) is 1. The van der Waals surface area contributed by atoms with E-state index < -0.39 is 10.0 Å². The maximum atomic E-state index is 11.4. The zero-order valence-electron chi connectivity index (χ0n) is 8.48. The lowest BCUT2D eigenvalue weighted by Crippen LogP contribution is -2.27. The Morgan fingerprint density at radius 3 is 2.87 bits per heavy atom. The monoisotopic (exact) mass is 251 g/mol. The molecule has 1 rings (SSSR count). The van der Waals surface area contributed by atoms with Gasteiger partial charge < -0.3 is 0 Å². The molecule has 0 aliphatic heterocycles. The largest absolute Gasteiger partial charge is 0.271 e. The minimum absolute atomic E-state index is 0.0638. The second-order valence-corrected chi connectivity index (χ2v) is 5.43. The average molecular weight is 252 g/mol. The van der Waals surface area contributed by atoms with E-state index >= 15 is 0 Å². The van der Waals surface area contributed by atoms with Gasteiger partial charge in [-0.1, -0.05) is 0 Å². The summed E-state index contributed by atoms with van der Waals surface area (Å²) in [7, 11) is -1.45. The quantitative estimate of drug-likeness (QED) is 0.748. The highest BCUT2D eigenvalue weighted by atomic mass is 35.5. The van der Waals surface area contributed by atoms with Crippen molar-refractivity contribution in [3.63, 3.8) is 0 Å². The molecule has 0 radical (unpaired) electrons. The van der Waals surface area contributed by atoms with Gasteiger partial charge in [0.25, 0.3) is 0 Å². The summed E-state index contributed by atoms with van der Waals surface area (Å²) in [6, 6.07) is 1.77. The fourth-order valence-electron chi connectivity index (χ4n) is 1.08. The summed E-state index contributed by atoms with van der Waals surface area (Å²) < 4.78 is 26.9. The molecule has 5 nitrogen and oxygen atoms in total. The van der Waals surface area contributed by atoms with Crippen molar-refractivity contribution in [2.24, 2.45) is 7.05 Å². The van der Waals surface area contributed by atoms with Crippen molar-refractivity contribution in [3.8, 4) is 0 Å². The molecule has 0 aliphatic carbocycles. The van der Waals surface area contributed by atoms with Crippen LogP contribution in [0.3, 0.4) is 0 Å². The SMILES string of the molecule is Cn1nccc1CNS(=O)(=O)CCCCl. The van der Waals surface area contributed by atoms with E-state index in [-0.39, 0.29) is 12.3 Å². The number of sulfonamides is 1. The van der Waals surface area contributed by atoms with Gasteiger partial charge in [-0.25, -0.2) is 13.1 Å². The van der Waals surface area contributed by atoms with E-state index in [0.29, 0.717) is 12.3 Å². The predicted molar refractivity (Wildman–Crippen MR) is 59.2 cm³/mol. The van der Waals surface area contributed by atoms with Crippen molar-refractivity contribution in [1.29, 1.82) is 0 Å². The van der Waals surface area contributed by atoms with Crippen LogP contribution in [0.15, 0.2) is 12.3 Å². The Labute approximate surface area is 94.5 Å². The van der Waals surface area contributed by atoms with Crippen LogP contribution in [0.4, 0.5) is 0 Å². The van der Waals surface area contributed by atoms with E-state index in [1.165, 1.54) is 0 Å². The molecule has 0 aliphatic rings. The normalized spacial score (nSPS) is 11.9. The highest BCUT2D eigenvalue weighted by Gasteiger charge is 2.09. The van der Waals surface area contributed by atoms with Crippen molar-refractivity contribution >= 4 is 21.6 Å². The summed E-state index contributed by atoms with van der Waals surface area (Å²) in [6.45, 7) is 0.265. The maximum Gasteiger partial charge on any atom is 0.211 e. The lowest BCUT2D eigenvalue weighted by molar-refractivity contribution is 0.576. The van der Waals surface area contributed by atoms with Gasteiger partial charge in [0, 0.05) is 19.1 Å². The minimum atomic E-state index is -3.21. The Balaban J connectivity index is 2.46. The molecule has 0 saturated carbocycles. The highest BCUT2D eigenvalue weighted by Crippen LogP contribution is 1.98. The van der Waals surface area contributed by atoms with Gasteiger partial charge in [0.15, 0.2) is 0 Å². The number of aromatic nitrogens is 2. The molecule has 1 N–H and O–H groups in total. The molecule has 0 amide bonds. The summed E-state index contributed by atoms with van der Waals surface area (Å²) in [4.78, 5) is 0. The number of aryl methyl sites for hydroxylation is 1. The third kappa shape index (κ3) is 4.19. The van der Waals surface area contributed by atoms with Crippen LogP contribution in [-0.2, 0) is 23.6 Å². The molecule has 7 heteroatoms. The van der Waals surface area contributed by atoms with Gasteiger partial charge in [0.1, 0.15) is 0 Å². The molecule has 1 aromatic rings. The van der Waals surface area contributed by atoms with Gasteiger partial charge in [0.05, 0.1) is 18.0 Å².